The molecule has 0 spiro atoms. The van der Waals surface area contributed by atoms with Gasteiger partial charge < -0.3 is 4.57 Å². The number of sulfonamides is 1. The van der Waals surface area contributed by atoms with Crippen LogP contribution in [0.25, 0.3) is 11.0 Å². The van der Waals surface area contributed by atoms with E-state index in [1.807, 2.05) is 24.3 Å². The van der Waals surface area contributed by atoms with Gasteiger partial charge in [-0.2, -0.15) is 0 Å². The Balaban J connectivity index is 1.13. The van der Waals surface area contributed by atoms with Gasteiger partial charge in [-0.1, -0.05) is 60.7 Å². The number of imidazole rings is 1. The van der Waals surface area contributed by atoms with Gasteiger partial charge in [0.1, 0.15) is 5.82 Å². The summed E-state index contributed by atoms with van der Waals surface area (Å²) in [5.41, 5.74) is 2.83. The van der Waals surface area contributed by atoms with Crippen molar-refractivity contribution >= 4 is 21.1 Å². The maximum absolute atomic E-state index is 13.4. The van der Waals surface area contributed by atoms with Crippen molar-refractivity contribution in [1.82, 2.24) is 19.2 Å². The molecule has 2 bridgehead atoms. The molecule has 1 unspecified atom stereocenters. The zero-order chi connectivity index (χ0) is 25.9. The Labute approximate surface area is 224 Å². The van der Waals surface area contributed by atoms with E-state index in [-0.39, 0.29) is 5.92 Å². The second-order valence-corrected chi connectivity index (χ2v) is 13.1. The van der Waals surface area contributed by atoms with Gasteiger partial charge in [0.25, 0.3) is 0 Å². The van der Waals surface area contributed by atoms with E-state index in [4.69, 9.17) is 4.98 Å². The first-order chi connectivity index (χ1) is 18.4. The minimum absolute atomic E-state index is 0.249. The van der Waals surface area contributed by atoms with Gasteiger partial charge in [-0.15, -0.1) is 0 Å². The highest BCUT2D eigenvalue weighted by Gasteiger charge is 2.59. The topological polar surface area (TPSA) is 67.2 Å². The number of aromatic nitrogens is 2. The Morgan fingerprint density at radius 2 is 1.50 bits per heavy atom. The molecule has 3 heterocycles. The molecule has 3 aromatic carbocycles. The van der Waals surface area contributed by atoms with Crippen LogP contribution >= 0.6 is 0 Å². The summed E-state index contributed by atoms with van der Waals surface area (Å²) < 4.78 is 32.5. The van der Waals surface area contributed by atoms with E-state index in [9.17, 15) is 8.42 Å². The molecule has 3 aliphatic rings. The zero-order valence-electron chi connectivity index (χ0n) is 21.7. The minimum atomic E-state index is -3.63. The summed E-state index contributed by atoms with van der Waals surface area (Å²) in [7, 11) is -3.63. The third kappa shape index (κ3) is 3.99. The van der Waals surface area contributed by atoms with Crippen LogP contribution in [-0.4, -0.2) is 41.5 Å². The summed E-state index contributed by atoms with van der Waals surface area (Å²) in [6.07, 6.45) is 5.51. The highest BCUT2D eigenvalue weighted by atomic mass is 32.2. The van der Waals surface area contributed by atoms with Crippen molar-refractivity contribution in [1.29, 1.82) is 0 Å². The van der Waals surface area contributed by atoms with E-state index in [0.717, 1.165) is 42.7 Å². The highest BCUT2D eigenvalue weighted by molar-refractivity contribution is 7.89. The van der Waals surface area contributed by atoms with Crippen molar-refractivity contribution in [2.24, 2.45) is 5.92 Å². The molecule has 4 aromatic rings. The molecule has 5 atom stereocenters. The molecule has 38 heavy (non-hydrogen) atoms. The molecular weight excluding hydrogens is 492 g/mol. The number of nitrogens with one attached hydrogen (secondary N) is 1. The summed E-state index contributed by atoms with van der Waals surface area (Å²) in [5.74, 6) is 1.35. The van der Waals surface area contributed by atoms with Crippen LogP contribution in [0.3, 0.4) is 0 Å². The SMILES string of the molecule is Cc1nc2ccccc2n1C1C[C@H]2CC[C@@H](C1)N2C[C@H]1C[C@]1(NS(=O)(=O)c1ccccc1)c1ccccc1. The molecular formula is C31H34N4O2S. The number of aryl methyl sites for hydroxylation is 1. The number of fused-ring (bicyclic) bond motifs is 3. The van der Waals surface area contributed by atoms with Gasteiger partial charge in [0, 0.05) is 24.7 Å². The van der Waals surface area contributed by atoms with Gasteiger partial charge in [0.15, 0.2) is 0 Å². The Bertz CT molecular complexity index is 1560. The lowest BCUT2D eigenvalue weighted by Crippen LogP contribution is -2.46. The molecule has 1 saturated carbocycles. The fraction of sp³-hybridized carbons (Fsp3) is 0.387. The van der Waals surface area contributed by atoms with Crippen LogP contribution in [0.2, 0.25) is 0 Å². The van der Waals surface area contributed by atoms with Gasteiger partial charge in [0.2, 0.25) is 10.0 Å². The van der Waals surface area contributed by atoms with Crippen molar-refractivity contribution in [3.8, 4) is 0 Å². The summed E-state index contributed by atoms with van der Waals surface area (Å²) >= 11 is 0. The van der Waals surface area contributed by atoms with Gasteiger partial charge in [-0.05, 0) is 74.8 Å². The fourth-order valence-corrected chi connectivity index (χ4v) is 8.84. The van der Waals surface area contributed by atoms with E-state index < -0.39 is 15.6 Å². The first-order valence-electron chi connectivity index (χ1n) is 13.8. The Morgan fingerprint density at radius 3 is 2.21 bits per heavy atom. The van der Waals surface area contributed by atoms with Crippen LogP contribution < -0.4 is 4.72 Å². The second-order valence-electron chi connectivity index (χ2n) is 11.4. The summed E-state index contributed by atoms with van der Waals surface area (Å²) in [4.78, 5) is 7.86. The lowest BCUT2D eigenvalue weighted by molar-refractivity contribution is 0.0991. The van der Waals surface area contributed by atoms with E-state index in [1.165, 1.54) is 18.4 Å². The van der Waals surface area contributed by atoms with Crippen LogP contribution in [-0.2, 0) is 15.6 Å². The fourth-order valence-electron chi connectivity index (χ4n) is 7.36. The summed E-state index contributed by atoms with van der Waals surface area (Å²) in [5, 5.41) is 0. The van der Waals surface area contributed by atoms with Crippen LogP contribution in [0.15, 0.2) is 89.8 Å². The normalized spacial score (nSPS) is 29.1. The Hall–Kier alpha value is -3.00. The lowest BCUT2D eigenvalue weighted by Gasteiger charge is -2.40. The predicted octanol–water partition coefficient (Wildman–Crippen LogP) is 5.41. The molecule has 0 amide bonds. The molecule has 2 aliphatic heterocycles. The first kappa shape index (κ1) is 24.1. The molecule has 2 saturated heterocycles. The molecule has 1 N–H and O–H groups in total. The van der Waals surface area contributed by atoms with Crippen molar-refractivity contribution in [3.05, 3.63) is 96.3 Å². The second kappa shape index (κ2) is 9.04. The highest BCUT2D eigenvalue weighted by Crippen LogP contribution is 2.55. The van der Waals surface area contributed by atoms with Crippen molar-refractivity contribution < 1.29 is 8.42 Å². The van der Waals surface area contributed by atoms with Crippen molar-refractivity contribution in [3.63, 3.8) is 0 Å². The van der Waals surface area contributed by atoms with E-state index in [1.54, 1.807) is 24.3 Å². The van der Waals surface area contributed by atoms with Crippen LogP contribution in [0.1, 0.15) is 49.5 Å². The maximum atomic E-state index is 13.4. The average Bonchev–Trinajstić information content (AvgIpc) is 3.42. The minimum Gasteiger partial charge on any atom is -0.325 e. The molecule has 7 heteroatoms. The third-order valence-corrected chi connectivity index (χ3v) is 10.7. The first-order valence-corrected chi connectivity index (χ1v) is 15.3. The average molecular weight is 527 g/mol. The Morgan fingerprint density at radius 1 is 0.868 bits per heavy atom. The Kier molecular flexibility index (Phi) is 5.73. The molecule has 0 radical (unpaired) electrons. The van der Waals surface area contributed by atoms with Crippen LogP contribution in [0.5, 0.6) is 0 Å². The number of hydrogen-bond acceptors (Lipinski definition) is 4. The largest absolute Gasteiger partial charge is 0.325 e. The van der Waals surface area contributed by atoms with Crippen LogP contribution in [0, 0.1) is 12.8 Å². The van der Waals surface area contributed by atoms with Gasteiger partial charge in [-0.3, -0.25) is 4.90 Å². The van der Waals surface area contributed by atoms with Crippen molar-refractivity contribution in [2.75, 3.05) is 6.54 Å². The van der Waals surface area contributed by atoms with Crippen molar-refractivity contribution in [2.45, 2.75) is 67.6 Å². The van der Waals surface area contributed by atoms with E-state index in [2.05, 4.69) is 57.5 Å². The predicted molar refractivity (Wildman–Crippen MR) is 149 cm³/mol. The van der Waals surface area contributed by atoms with Gasteiger partial charge >= 0.3 is 0 Å². The number of piperidine rings is 1. The molecule has 196 valence electrons. The number of rotatable bonds is 7. The molecule has 7 rings (SSSR count). The molecule has 1 aromatic heterocycles. The van der Waals surface area contributed by atoms with Gasteiger partial charge in [0.05, 0.1) is 21.5 Å². The third-order valence-electron chi connectivity index (χ3n) is 9.19. The zero-order valence-corrected chi connectivity index (χ0v) is 22.5. The molecule has 3 fully saturated rings. The quantitative estimate of drug-likeness (QED) is 0.350. The molecule has 6 nitrogen and oxygen atoms in total. The van der Waals surface area contributed by atoms with E-state index >= 15 is 0 Å². The monoisotopic (exact) mass is 526 g/mol. The lowest BCUT2D eigenvalue weighted by atomic mass is 9.95. The maximum Gasteiger partial charge on any atom is 0.241 e. The van der Waals surface area contributed by atoms with Crippen LogP contribution in [0.4, 0.5) is 0 Å². The molecule has 1 aliphatic carbocycles. The number of hydrogen-bond donors (Lipinski definition) is 1. The number of benzene rings is 3. The standard InChI is InChI=1S/C31H34N4O2S/c1-22-32-29-14-8-9-15-30(29)35(22)27-18-25-16-17-26(19-27)34(25)21-24-20-31(24,23-10-4-2-5-11-23)33-38(36,37)28-12-6-3-7-13-28/h2-15,24-27,33H,16-21H2,1H3/t24-,25-,26+,27?,31+/m1/s1. The smallest absolute Gasteiger partial charge is 0.241 e. The summed E-state index contributed by atoms with van der Waals surface area (Å²) in [6.45, 7) is 3.06. The number of para-hydroxylation sites is 2. The van der Waals surface area contributed by atoms with E-state index in [0.29, 0.717) is 23.0 Å². The number of nitrogens with zero attached hydrogens (tertiary/aromatic N) is 3. The summed E-state index contributed by atoms with van der Waals surface area (Å²) in [6, 6.07) is 28.9. The van der Waals surface area contributed by atoms with Gasteiger partial charge in [-0.25, -0.2) is 18.1 Å².